The van der Waals surface area contributed by atoms with E-state index < -0.39 is 5.97 Å². The summed E-state index contributed by atoms with van der Waals surface area (Å²) in [5.41, 5.74) is 3.25. The van der Waals surface area contributed by atoms with E-state index in [1.54, 1.807) is 31.7 Å². The van der Waals surface area contributed by atoms with E-state index in [1.807, 2.05) is 29.6 Å². The number of benzene rings is 1. The second-order valence-corrected chi connectivity index (χ2v) is 10.8. The molecule has 0 bridgehead atoms. The van der Waals surface area contributed by atoms with E-state index in [-0.39, 0.29) is 18.3 Å². The maximum atomic E-state index is 12.9. The number of thioether (sulfide) groups is 1. The topological polar surface area (TPSA) is 90.4 Å². The number of amides is 1. The number of aryl methyl sites for hydroxylation is 2. The van der Waals surface area contributed by atoms with Gasteiger partial charge in [-0.25, -0.2) is 14.8 Å². The van der Waals surface area contributed by atoms with E-state index in [4.69, 9.17) is 9.47 Å². The number of nitrogens with zero attached hydrogens (tertiary/aromatic N) is 2. The molecule has 0 radical (unpaired) electrons. The lowest BCUT2D eigenvalue weighted by Crippen LogP contribution is -2.16. The van der Waals surface area contributed by atoms with Crippen molar-refractivity contribution in [2.24, 2.45) is 0 Å². The molecule has 3 heterocycles. The third kappa shape index (κ3) is 4.78. The predicted octanol–water partition coefficient (Wildman–Crippen LogP) is 5.82. The number of fused-ring (bicyclic) bond motifs is 3. The molecule has 7 nitrogen and oxygen atoms in total. The molecule has 0 saturated carbocycles. The van der Waals surface area contributed by atoms with Gasteiger partial charge in [-0.3, -0.25) is 4.79 Å². The molecule has 0 saturated heterocycles. The summed E-state index contributed by atoms with van der Waals surface area (Å²) in [7, 11) is 1.60. The van der Waals surface area contributed by atoms with Crippen LogP contribution in [0, 0.1) is 0 Å². The summed E-state index contributed by atoms with van der Waals surface area (Å²) in [6, 6.07) is 7.43. The maximum absolute atomic E-state index is 12.9. The number of aromatic nitrogens is 2. The number of hydrogen-bond donors (Lipinski definition) is 1. The van der Waals surface area contributed by atoms with Gasteiger partial charge in [0.25, 0.3) is 0 Å². The number of thiophene rings is 2. The molecule has 10 heteroatoms. The van der Waals surface area contributed by atoms with Crippen LogP contribution in [0.5, 0.6) is 5.75 Å². The summed E-state index contributed by atoms with van der Waals surface area (Å²) in [5, 5.41) is 7.18. The predicted molar refractivity (Wildman–Crippen MR) is 141 cm³/mol. The molecule has 1 aliphatic rings. The molecule has 0 spiro atoms. The van der Waals surface area contributed by atoms with Gasteiger partial charge in [-0.05, 0) is 49.4 Å². The second-order valence-electron chi connectivity index (χ2n) is 7.86. The minimum Gasteiger partial charge on any atom is -0.497 e. The van der Waals surface area contributed by atoms with Crippen LogP contribution < -0.4 is 10.1 Å². The number of esters is 1. The molecule has 180 valence electrons. The first kappa shape index (κ1) is 23.8. The number of anilines is 1. The zero-order chi connectivity index (χ0) is 24.4. The summed E-state index contributed by atoms with van der Waals surface area (Å²) < 4.78 is 10.5. The van der Waals surface area contributed by atoms with Crippen LogP contribution >= 0.6 is 34.4 Å². The summed E-state index contributed by atoms with van der Waals surface area (Å²) in [6.07, 6.45) is 4.84. The lowest BCUT2D eigenvalue weighted by Gasteiger charge is -2.09. The molecule has 0 unspecified atom stereocenters. The summed E-state index contributed by atoms with van der Waals surface area (Å²) >= 11 is 4.43. The van der Waals surface area contributed by atoms with Crippen LogP contribution in [-0.2, 0) is 22.4 Å². The van der Waals surface area contributed by atoms with Crippen LogP contribution in [0.1, 0.15) is 34.1 Å². The Labute approximate surface area is 214 Å². The zero-order valence-electron chi connectivity index (χ0n) is 19.3. The largest absolute Gasteiger partial charge is 0.497 e. The van der Waals surface area contributed by atoms with Crippen molar-refractivity contribution in [3.8, 4) is 16.9 Å². The van der Waals surface area contributed by atoms with Gasteiger partial charge in [0.15, 0.2) is 0 Å². The molecular formula is C25H23N3O4S3. The minimum atomic E-state index is -0.464. The zero-order valence-corrected chi connectivity index (χ0v) is 21.7. The number of carbonyl (C=O) groups is 2. The van der Waals surface area contributed by atoms with Gasteiger partial charge in [0.1, 0.15) is 32.5 Å². The van der Waals surface area contributed by atoms with Gasteiger partial charge in [-0.2, -0.15) is 0 Å². The average molecular weight is 526 g/mol. The number of methoxy groups -OCH3 is 1. The monoisotopic (exact) mass is 525 g/mol. The Balaban J connectivity index is 1.36. The van der Waals surface area contributed by atoms with Gasteiger partial charge in [-0.1, -0.05) is 23.9 Å². The highest BCUT2D eigenvalue weighted by molar-refractivity contribution is 8.00. The molecule has 0 fully saturated rings. The van der Waals surface area contributed by atoms with Gasteiger partial charge in [-0.15, -0.1) is 22.7 Å². The summed E-state index contributed by atoms with van der Waals surface area (Å²) in [5.74, 6) is 0.230. The molecule has 1 amide bonds. The Hall–Kier alpha value is -2.95. The van der Waals surface area contributed by atoms with Crippen molar-refractivity contribution in [3.05, 3.63) is 52.0 Å². The van der Waals surface area contributed by atoms with Gasteiger partial charge in [0.2, 0.25) is 5.91 Å². The van der Waals surface area contributed by atoms with E-state index in [0.717, 1.165) is 45.8 Å². The Morgan fingerprint density at radius 2 is 2.00 bits per heavy atom. The number of ether oxygens (including phenoxy) is 2. The third-order valence-corrected chi connectivity index (χ3v) is 8.82. The lowest BCUT2D eigenvalue weighted by molar-refractivity contribution is -0.113. The fourth-order valence-corrected chi connectivity index (χ4v) is 7.24. The van der Waals surface area contributed by atoms with Crippen LogP contribution in [-0.4, -0.2) is 41.3 Å². The lowest BCUT2D eigenvalue weighted by atomic mass is 10.0. The Morgan fingerprint density at radius 3 is 2.77 bits per heavy atom. The van der Waals surface area contributed by atoms with Crippen molar-refractivity contribution in [1.29, 1.82) is 0 Å². The van der Waals surface area contributed by atoms with E-state index >= 15 is 0 Å². The van der Waals surface area contributed by atoms with Crippen molar-refractivity contribution in [2.75, 3.05) is 24.8 Å². The molecule has 5 rings (SSSR count). The summed E-state index contributed by atoms with van der Waals surface area (Å²) in [4.78, 5) is 37.0. The maximum Gasteiger partial charge on any atom is 0.341 e. The number of carbonyl (C=O) groups excluding carboxylic acids is 2. The third-order valence-electron chi connectivity index (χ3n) is 5.73. The van der Waals surface area contributed by atoms with Crippen molar-refractivity contribution in [1.82, 2.24) is 9.97 Å². The number of nitrogens with one attached hydrogen (secondary N) is 1. The molecule has 35 heavy (non-hydrogen) atoms. The highest BCUT2D eigenvalue weighted by Gasteiger charge is 2.24. The molecule has 1 N–H and O–H groups in total. The number of rotatable bonds is 8. The van der Waals surface area contributed by atoms with Crippen molar-refractivity contribution < 1.29 is 19.1 Å². The van der Waals surface area contributed by atoms with Gasteiger partial charge in [0.05, 0.1) is 19.5 Å². The van der Waals surface area contributed by atoms with Crippen LogP contribution in [0.15, 0.2) is 41.0 Å². The Morgan fingerprint density at radius 1 is 1.17 bits per heavy atom. The molecule has 3 aromatic heterocycles. The van der Waals surface area contributed by atoms with Gasteiger partial charge >= 0.3 is 5.97 Å². The standard InChI is InChI=1S/C25H23N3O4S3/c1-3-32-25(30)21-17(14-7-9-15(31-2)10-8-14)11-33-24(21)28-19(29)12-34-22-20-16-5-4-6-18(16)35-23(20)27-13-26-22/h7-11,13H,3-6,12H2,1-2H3,(H,28,29). The highest BCUT2D eigenvalue weighted by Crippen LogP contribution is 2.40. The fraction of sp³-hybridized carbons (Fsp3) is 0.280. The Bertz CT molecular complexity index is 1400. The smallest absolute Gasteiger partial charge is 0.341 e. The first-order valence-corrected chi connectivity index (χ1v) is 13.9. The first-order valence-electron chi connectivity index (χ1n) is 11.2. The summed E-state index contributed by atoms with van der Waals surface area (Å²) in [6.45, 7) is 2.00. The van der Waals surface area contributed by atoms with Crippen molar-refractivity contribution in [3.63, 3.8) is 0 Å². The average Bonchev–Trinajstić information content (AvgIpc) is 3.57. The number of hydrogen-bond acceptors (Lipinski definition) is 9. The Kier molecular flexibility index (Phi) is 7.03. The van der Waals surface area contributed by atoms with Crippen LogP contribution in [0.3, 0.4) is 0 Å². The van der Waals surface area contributed by atoms with Crippen molar-refractivity contribution in [2.45, 2.75) is 31.2 Å². The molecule has 4 aromatic rings. The van der Waals surface area contributed by atoms with Crippen LogP contribution in [0.4, 0.5) is 5.00 Å². The fourth-order valence-electron chi connectivity index (χ4n) is 4.14. The van der Waals surface area contributed by atoms with E-state index in [9.17, 15) is 9.59 Å². The van der Waals surface area contributed by atoms with Gasteiger partial charge in [0, 0.05) is 21.2 Å². The van der Waals surface area contributed by atoms with Crippen LogP contribution in [0.2, 0.25) is 0 Å². The molecular weight excluding hydrogens is 502 g/mol. The van der Waals surface area contributed by atoms with Crippen molar-refractivity contribution >= 4 is 61.5 Å². The molecule has 0 atom stereocenters. The molecule has 0 aliphatic heterocycles. The van der Waals surface area contributed by atoms with Gasteiger partial charge < -0.3 is 14.8 Å². The van der Waals surface area contributed by atoms with Crippen LogP contribution in [0.25, 0.3) is 21.3 Å². The SMILES string of the molecule is CCOC(=O)c1c(-c2ccc(OC)cc2)csc1NC(=O)CSc1ncnc2sc3c(c12)CCC3. The van der Waals surface area contributed by atoms with E-state index in [2.05, 4.69) is 15.3 Å². The quantitative estimate of drug-likeness (QED) is 0.176. The molecule has 1 aliphatic carbocycles. The highest BCUT2D eigenvalue weighted by atomic mass is 32.2. The minimum absolute atomic E-state index is 0.175. The first-order chi connectivity index (χ1) is 17.1. The molecule has 1 aromatic carbocycles. The normalized spacial score (nSPS) is 12.5. The van der Waals surface area contributed by atoms with E-state index in [0.29, 0.717) is 16.1 Å². The van der Waals surface area contributed by atoms with E-state index in [1.165, 1.54) is 33.5 Å². The second kappa shape index (κ2) is 10.3.